The molecule has 0 atom stereocenters. The lowest BCUT2D eigenvalue weighted by molar-refractivity contribution is 0.578. The Morgan fingerprint density at radius 1 is 0.846 bits per heavy atom. The van der Waals surface area contributed by atoms with Gasteiger partial charge in [-0.2, -0.15) is 0 Å². The fourth-order valence-corrected chi connectivity index (χ4v) is 4.15. The van der Waals surface area contributed by atoms with Crippen LogP contribution in [0, 0.1) is 6.92 Å². The summed E-state index contributed by atoms with van der Waals surface area (Å²) in [6.45, 7) is 4.57. The van der Waals surface area contributed by atoms with Crippen molar-refractivity contribution in [3.05, 3.63) is 60.2 Å². The van der Waals surface area contributed by atoms with E-state index in [1.807, 2.05) is 0 Å². The summed E-state index contributed by atoms with van der Waals surface area (Å²) >= 11 is 0. The van der Waals surface area contributed by atoms with Crippen LogP contribution in [-0.2, 0) is 0 Å². The standard InChI is InChI=1S/C24H28N2/c1-18-17-20(25(2)3)12-13-21(18)24-22-10-6-5-9-19(22)11-14-23(24)26-15-7-4-8-16-26/h5-6,9-14,17H,4,7-8,15-16H2,1-3H3. The van der Waals surface area contributed by atoms with Crippen molar-refractivity contribution >= 4 is 22.1 Å². The molecule has 0 bridgehead atoms. The number of hydrogen-bond donors (Lipinski definition) is 0. The molecule has 0 radical (unpaired) electrons. The average molecular weight is 345 g/mol. The largest absolute Gasteiger partial charge is 0.378 e. The third-order valence-electron chi connectivity index (χ3n) is 5.60. The van der Waals surface area contributed by atoms with Crippen LogP contribution in [0.3, 0.4) is 0 Å². The van der Waals surface area contributed by atoms with Crippen molar-refractivity contribution in [3.63, 3.8) is 0 Å². The smallest absolute Gasteiger partial charge is 0.0452 e. The SMILES string of the molecule is Cc1cc(N(C)C)ccc1-c1c(N2CCCCC2)ccc2ccccc12. The Morgan fingerprint density at radius 3 is 2.35 bits per heavy atom. The van der Waals surface area contributed by atoms with Gasteiger partial charge in [-0.3, -0.25) is 0 Å². The molecular weight excluding hydrogens is 316 g/mol. The Labute approximate surface area is 157 Å². The van der Waals surface area contributed by atoms with Crippen molar-refractivity contribution in [3.8, 4) is 11.1 Å². The van der Waals surface area contributed by atoms with Crippen molar-refractivity contribution < 1.29 is 0 Å². The second-order valence-corrected chi connectivity index (χ2v) is 7.62. The number of hydrogen-bond acceptors (Lipinski definition) is 2. The highest BCUT2D eigenvalue weighted by molar-refractivity contribution is 6.03. The quantitative estimate of drug-likeness (QED) is 0.586. The lowest BCUT2D eigenvalue weighted by Gasteiger charge is -2.32. The molecule has 0 unspecified atom stereocenters. The van der Waals surface area contributed by atoms with E-state index in [0.717, 1.165) is 0 Å². The van der Waals surface area contributed by atoms with Gasteiger partial charge in [0.05, 0.1) is 0 Å². The molecule has 0 N–H and O–H groups in total. The molecule has 0 saturated carbocycles. The molecule has 3 aromatic carbocycles. The lowest BCUT2D eigenvalue weighted by atomic mass is 9.92. The molecule has 0 amide bonds. The normalized spacial score (nSPS) is 14.7. The van der Waals surface area contributed by atoms with E-state index >= 15 is 0 Å². The van der Waals surface area contributed by atoms with Gasteiger partial charge in [-0.1, -0.05) is 36.4 Å². The number of fused-ring (bicyclic) bond motifs is 1. The van der Waals surface area contributed by atoms with Crippen molar-refractivity contribution in [2.24, 2.45) is 0 Å². The average Bonchev–Trinajstić information content (AvgIpc) is 2.68. The van der Waals surface area contributed by atoms with Crippen LogP contribution < -0.4 is 9.80 Å². The number of rotatable bonds is 3. The predicted octanol–water partition coefficient (Wildman–Crippen LogP) is 5.87. The van der Waals surface area contributed by atoms with Crippen molar-refractivity contribution in [1.82, 2.24) is 0 Å². The fourth-order valence-electron chi connectivity index (χ4n) is 4.15. The van der Waals surface area contributed by atoms with Gasteiger partial charge in [-0.15, -0.1) is 0 Å². The molecule has 0 spiro atoms. The minimum Gasteiger partial charge on any atom is -0.378 e. The van der Waals surface area contributed by atoms with E-state index in [0.29, 0.717) is 0 Å². The van der Waals surface area contributed by atoms with Crippen LogP contribution in [-0.4, -0.2) is 27.2 Å². The highest BCUT2D eigenvalue weighted by Crippen LogP contribution is 2.40. The molecule has 2 nitrogen and oxygen atoms in total. The van der Waals surface area contributed by atoms with E-state index in [2.05, 4.69) is 85.4 Å². The number of nitrogens with zero attached hydrogens (tertiary/aromatic N) is 2. The van der Waals surface area contributed by atoms with Gasteiger partial charge >= 0.3 is 0 Å². The summed E-state index contributed by atoms with van der Waals surface area (Å²) in [5.41, 5.74) is 6.74. The van der Waals surface area contributed by atoms with E-state index in [9.17, 15) is 0 Å². The van der Waals surface area contributed by atoms with Crippen molar-refractivity contribution in [1.29, 1.82) is 0 Å². The monoisotopic (exact) mass is 344 g/mol. The van der Waals surface area contributed by atoms with Gasteiger partial charge in [-0.25, -0.2) is 0 Å². The number of aryl methyl sites for hydroxylation is 1. The van der Waals surface area contributed by atoms with Crippen LogP contribution in [0.4, 0.5) is 11.4 Å². The van der Waals surface area contributed by atoms with Gasteiger partial charge in [-0.05, 0) is 66.3 Å². The molecule has 4 rings (SSSR count). The first-order valence-electron chi connectivity index (χ1n) is 9.70. The van der Waals surface area contributed by atoms with Crippen LogP contribution in [0.25, 0.3) is 21.9 Å². The maximum absolute atomic E-state index is 2.59. The number of benzene rings is 3. The summed E-state index contributed by atoms with van der Waals surface area (Å²) in [6, 6.07) is 20.3. The van der Waals surface area contributed by atoms with Crippen molar-refractivity contribution in [2.75, 3.05) is 37.0 Å². The minimum atomic E-state index is 1.17. The summed E-state index contributed by atoms with van der Waals surface area (Å²) in [7, 11) is 4.21. The molecule has 2 heteroatoms. The zero-order valence-electron chi connectivity index (χ0n) is 16.1. The van der Waals surface area contributed by atoms with Crippen molar-refractivity contribution in [2.45, 2.75) is 26.2 Å². The van der Waals surface area contributed by atoms with Gasteiger partial charge in [0.25, 0.3) is 0 Å². The second kappa shape index (κ2) is 7.03. The van der Waals surface area contributed by atoms with E-state index in [1.54, 1.807) is 0 Å². The molecule has 1 saturated heterocycles. The molecule has 0 aromatic heterocycles. The first-order valence-corrected chi connectivity index (χ1v) is 9.70. The Hall–Kier alpha value is -2.48. The summed E-state index contributed by atoms with van der Waals surface area (Å²) in [5.74, 6) is 0. The molecule has 0 aliphatic carbocycles. The first kappa shape index (κ1) is 17.0. The Morgan fingerprint density at radius 2 is 1.62 bits per heavy atom. The van der Waals surface area contributed by atoms with Gasteiger partial charge in [0.2, 0.25) is 0 Å². The number of piperidine rings is 1. The zero-order chi connectivity index (χ0) is 18.1. The van der Waals surface area contributed by atoms with E-state index in [4.69, 9.17) is 0 Å². The van der Waals surface area contributed by atoms with Crippen LogP contribution in [0.1, 0.15) is 24.8 Å². The Kier molecular flexibility index (Phi) is 4.58. The molecule has 3 aromatic rings. The topological polar surface area (TPSA) is 6.48 Å². The van der Waals surface area contributed by atoms with Gasteiger partial charge in [0.15, 0.2) is 0 Å². The van der Waals surface area contributed by atoms with E-state index in [-0.39, 0.29) is 0 Å². The fraction of sp³-hybridized carbons (Fsp3) is 0.333. The molecule has 134 valence electrons. The highest BCUT2D eigenvalue weighted by atomic mass is 15.1. The molecule has 1 heterocycles. The van der Waals surface area contributed by atoms with Gasteiger partial charge < -0.3 is 9.80 Å². The molecule has 1 aliphatic rings. The zero-order valence-corrected chi connectivity index (χ0v) is 16.1. The second-order valence-electron chi connectivity index (χ2n) is 7.62. The van der Waals surface area contributed by atoms with Gasteiger partial charge in [0, 0.05) is 44.1 Å². The van der Waals surface area contributed by atoms with Crippen LogP contribution in [0.5, 0.6) is 0 Å². The van der Waals surface area contributed by atoms with Crippen LogP contribution in [0.15, 0.2) is 54.6 Å². The van der Waals surface area contributed by atoms with Crippen LogP contribution in [0.2, 0.25) is 0 Å². The molecule has 26 heavy (non-hydrogen) atoms. The first-order chi connectivity index (χ1) is 12.6. The molecular formula is C24H28N2. The maximum atomic E-state index is 2.59. The predicted molar refractivity (Wildman–Crippen MR) is 115 cm³/mol. The number of anilines is 2. The third kappa shape index (κ3) is 3.05. The highest BCUT2D eigenvalue weighted by Gasteiger charge is 2.19. The van der Waals surface area contributed by atoms with E-state index in [1.165, 1.54) is 71.2 Å². The molecule has 1 aliphatic heterocycles. The summed E-state index contributed by atoms with van der Waals surface area (Å²) in [4.78, 5) is 4.76. The third-order valence-corrected chi connectivity index (χ3v) is 5.60. The summed E-state index contributed by atoms with van der Waals surface area (Å²) < 4.78 is 0. The van der Waals surface area contributed by atoms with E-state index < -0.39 is 0 Å². The lowest BCUT2D eigenvalue weighted by Crippen LogP contribution is -2.29. The Balaban J connectivity index is 1.94. The minimum absolute atomic E-state index is 1.17. The summed E-state index contributed by atoms with van der Waals surface area (Å²) in [6.07, 6.45) is 3.95. The summed E-state index contributed by atoms with van der Waals surface area (Å²) in [5, 5.41) is 2.68. The van der Waals surface area contributed by atoms with Gasteiger partial charge in [0.1, 0.15) is 0 Å². The molecule has 1 fully saturated rings. The maximum Gasteiger partial charge on any atom is 0.0452 e. The van der Waals surface area contributed by atoms with Crippen LogP contribution >= 0.6 is 0 Å². The Bertz CT molecular complexity index is 921.